The predicted octanol–water partition coefficient (Wildman–Crippen LogP) is 2.15. The molecule has 0 aliphatic rings. The minimum absolute atomic E-state index is 0.329. The molecule has 0 N–H and O–H groups in total. The van der Waals surface area contributed by atoms with Crippen LogP contribution in [0.5, 0.6) is 0 Å². The van der Waals surface area contributed by atoms with Gasteiger partial charge in [-0.3, -0.25) is 0 Å². The first-order chi connectivity index (χ1) is 4.42. The fourth-order valence-electron chi connectivity index (χ4n) is 0.617. The van der Waals surface area contributed by atoms with E-state index in [4.69, 9.17) is 0 Å². The molecule has 0 aliphatic carbocycles. The summed E-state index contributed by atoms with van der Waals surface area (Å²) in [6.07, 6.45) is 4.45. The quantitative estimate of drug-likeness (QED) is 0.533. The molecule has 0 aromatic heterocycles. The third kappa shape index (κ3) is 7.70. The Morgan fingerprint density at radius 3 is 2.00 bits per heavy atom. The molecule has 0 saturated carbocycles. The molecule has 0 aromatic carbocycles. The average Bonchev–Trinajstić information content (AvgIpc) is 1.59. The topological polar surface area (TPSA) is 3.24 Å². The highest BCUT2D eigenvalue weighted by molar-refractivity contribution is 4.93. The molecular formula is C9H19N. The van der Waals surface area contributed by atoms with Crippen LogP contribution in [0.4, 0.5) is 0 Å². The van der Waals surface area contributed by atoms with Gasteiger partial charge in [0.2, 0.25) is 0 Å². The molecule has 0 heterocycles. The van der Waals surface area contributed by atoms with Crippen molar-refractivity contribution in [2.45, 2.75) is 20.8 Å². The highest BCUT2D eigenvalue weighted by atomic mass is 15.0. The van der Waals surface area contributed by atoms with Crippen molar-refractivity contribution in [1.29, 1.82) is 0 Å². The lowest BCUT2D eigenvalue weighted by atomic mass is 9.96. The number of hydrogen-bond acceptors (Lipinski definition) is 1. The van der Waals surface area contributed by atoms with E-state index in [0.29, 0.717) is 5.41 Å². The summed E-state index contributed by atoms with van der Waals surface area (Å²) in [7, 11) is 4.15. The van der Waals surface area contributed by atoms with E-state index in [-0.39, 0.29) is 0 Å². The summed E-state index contributed by atoms with van der Waals surface area (Å²) in [6, 6.07) is 0. The number of rotatable bonds is 2. The Labute approximate surface area is 64.7 Å². The summed E-state index contributed by atoms with van der Waals surface area (Å²) < 4.78 is 0. The standard InChI is InChI=1S/C9H19N/c1-9(2,3)7-6-8-10(4)5/h6-7H,8H2,1-5H3/b7-6+. The maximum Gasteiger partial charge on any atom is 0.0157 e. The van der Waals surface area contributed by atoms with E-state index in [2.05, 4.69) is 51.9 Å². The molecule has 0 fully saturated rings. The average molecular weight is 141 g/mol. The molecule has 0 radical (unpaired) electrons. The van der Waals surface area contributed by atoms with Crippen LogP contribution in [-0.2, 0) is 0 Å². The zero-order valence-corrected chi connectivity index (χ0v) is 7.81. The summed E-state index contributed by atoms with van der Waals surface area (Å²) in [5.74, 6) is 0. The Morgan fingerprint density at radius 2 is 1.70 bits per heavy atom. The van der Waals surface area contributed by atoms with Crippen LogP contribution in [0.1, 0.15) is 20.8 Å². The summed E-state index contributed by atoms with van der Waals surface area (Å²) in [5.41, 5.74) is 0.329. The van der Waals surface area contributed by atoms with Gasteiger partial charge >= 0.3 is 0 Å². The SMILES string of the molecule is CN(C)C/C=C/C(C)(C)C. The summed E-state index contributed by atoms with van der Waals surface area (Å²) >= 11 is 0. The number of hydrogen-bond donors (Lipinski definition) is 0. The van der Waals surface area contributed by atoms with Crippen LogP contribution in [0, 0.1) is 5.41 Å². The van der Waals surface area contributed by atoms with Crippen molar-refractivity contribution in [2.24, 2.45) is 5.41 Å². The van der Waals surface area contributed by atoms with Gasteiger partial charge < -0.3 is 4.90 Å². The zero-order chi connectivity index (χ0) is 8.20. The van der Waals surface area contributed by atoms with Gasteiger partial charge in [-0.1, -0.05) is 32.9 Å². The molecule has 0 amide bonds. The van der Waals surface area contributed by atoms with E-state index in [9.17, 15) is 0 Å². The molecule has 0 saturated heterocycles. The smallest absolute Gasteiger partial charge is 0.0157 e. The molecule has 0 unspecified atom stereocenters. The highest BCUT2D eigenvalue weighted by Crippen LogP contribution is 2.13. The minimum Gasteiger partial charge on any atom is -0.306 e. The lowest BCUT2D eigenvalue weighted by molar-refractivity contribution is 0.451. The number of nitrogens with zero attached hydrogens (tertiary/aromatic N) is 1. The summed E-state index contributed by atoms with van der Waals surface area (Å²) in [4.78, 5) is 2.15. The van der Waals surface area contributed by atoms with Gasteiger partial charge in [0.1, 0.15) is 0 Å². The predicted molar refractivity (Wildman–Crippen MR) is 47.1 cm³/mol. The Bertz CT molecular complexity index is 106. The fourth-order valence-corrected chi connectivity index (χ4v) is 0.617. The van der Waals surface area contributed by atoms with Gasteiger partial charge in [0.15, 0.2) is 0 Å². The minimum atomic E-state index is 0.329. The van der Waals surface area contributed by atoms with Gasteiger partial charge in [0.05, 0.1) is 0 Å². The zero-order valence-electron chi connectivity index (χ0n) is 7.81. The van der Waals surface area contributed by atoms with Crippen LogP contribution in [0.3, 0.4) is 0 Å². The Balaban J connectivity index is 3.57. The molecule has 0 atom stereocenters. The van der Waals surface area contributed by atoms with E-state index in [1.165, 1.54) is 0 Å². The van der Waals surface area contributed by atoms with Crippen molar-refractivity contribution in [3.05, 3.63) is 12.2 Å². The van der Waals surface area contributed by atoms with Crippen LogP contribution in [-0.4, -0.2) is 25.5 Å². The van der Waals surface area contributed by atoms with Crippen molar-refractivity contribution in [3.63, 3.8) is 0 Å². The molecule has 0 aromatic rings. The van der Waals surface area contributed by atoms with Gasteiger partial charge in [0, 0.05) is 6.54 Å². The van der Waals surface area contributed by atoms with Gasteiger partial charge in [-0.2, -0.15) is 0 Å². The van der Waals surface area contributed by atoms with E-state index >= 15 is 0 Å². The Morgan fingerprint density at radius 1 is 1.20 bits per heavy atom. The summed E-state index contributed by atoms with van der Waals surface area (Å²) in [6.45, 7) is 7.66. The van der Waals surface area contributed by atoms with Crippen LogP contribution in [0.15, 0.2) is 12.2 Å². The summed E-state index contributed by atoms with van der Waals surface area (Å²) in [5, 5.41) is 0. The van der Waals surface area contributed by atoms with Crippen molar-refractivity contribution >= 4 is 0 Å². The van der Waals surface area contributed by atoms with Crippen LogP contribution < -0.4 is 0 Å². The highest BCUT2D eigenvalue weighted by Gasteiger charge is 2.02. The van der Waals surface area contributed by atoms with Crippen molar-refractivity contribution in [1.82, 2.24) is 4.90 Å². The van der Waals surface area contributed by atoms with E-state index < -0.39 is 0 Å². The van der Waals surface area contributed by atoms with Crippen molar-refractivity contribution in [3.8, 4) is 0 Å². The molecule has 0 spiro atoms. The second-order valence-electron chi connectivity index (χ2n) is 4.03. The van der Waals surface area contributed by atoms with Gasteiger partial charge in [0.25, 0.3) is 0 Å². The monoisotopic (exact) mass is 141 g/mol. The third-order valence-corrected chi connectivity index (χ3v) is 1.09. The largest absolute Gasteiger partial charge is 0.306 e. The Hall–Kier alpha value is -0.300. The maximum absolute atomic E-state index is 2.24. The van der Waals surface area contributed by atoms with Crippen molar-refractivity contribution < 1.29 is 0 Å². The van der Waals surface area contributed by atoms with Crippen LogP contribution >= 0.6 is 0 Å². The maximum atomic E-state index is 2.24. The number of allylic oxidation sites excluding steroid dienone is 1. The van der Waals surface area contributed by atoms with Gasteiger partial charge in [-0.15, -0.1) is 0 Å². The van der Waals surface area contributed by atoms with Crippen LogP contribution in [0.25, 0.3) is 0 Å². The molecule has 1 nitrogen and oxygen atoms in total. The fraction of sp³-hybridized carbons (Fsp3) is 0.778. The first-order valence-electron chi connectivity index (χ1n) is 3.74. The molecule has 0 aliphatic heterocycles. The molecule has 60 valence electrons. The van der Waals surface area contributed by atoms with Crippen molar-refractivity contribution in [2.75, 3.05) is 20.6 Å². The van der Waals surface area contributed by atoms with Gasteiger partial charge in [-0.05, 0) is 19.5 Å². The second kappa shape index (κ2) is 3.77. The van der Waals surface area contributed by atoms with Crippen LogP contribution in [0.2, 0.25) is 0 Å². The number of likely N-dealkylation sites (N-methyl/N-ethyl adjacent to an activating group) is 1. The van der Waals surface area contributed by atoms with E-state index in [1.54, 1.807) is 0 Å². The first-order valence-corrected chi connectivity index (χ1v) is 3.74. The molecular weight excluding hydrogens is 122 g/mol. The third-order valence-electron chi connectivity index (χ3n) is 1.09. The first kappa shape index (κ1) is 9.70. The molecule has 10 heavy (non-hydrogen) atoms. The molecule has 0 bridgehead atoms. The van der Waals surface area contributed by atoms with E-state index in [0.717, 1.165) is 6.54 Å². The lowest BCUT2D eigenvalue weighted by Crippen LogP contribution is -2.11. The Kier molecular flexibility index (Phi) is 3.66. The van der Waals surface area contributed by atoms with E-state index in [1.807, 2.05) is 0 Å². The van der Waals surface area contributed by atoms with Gasteiger partial charge in [-0.25, -0.2) is 0 Å². The lowest BCUT2D eigenvalue weighted by Gasteiger charge is -2.12. The molecule has 0 rings (SSSR count). The normalized spacial score (nSPS) is 13.4. The molecule has 1 heteroatoms. The second-order valence-corrected chi connectivity index (χ2v) is 4.03.